The van der Waals surface area contributed by atoms with Crippen molar-refractivity contribution in [3.8, 4) is 0 Å². The standard InChI is InChI=1S/C7H16.2C4H9.Mg/c1-3-5-7-6-4-2;2*1-3-4-2;/h3-7H2,1-2H3;3H,4H2,1-2H3;1,3-4H2,2H3;/q;2*-1;+2. The van der Waals surface area contributed by atoms with Crippen LogP contribution in [0, 0.1) is 13.3 Å². The number of unbranched alkanes of at least 4 members (excludes halogenated alkanes) is 6. The second kappa shape index (κ2) is 36.0. The Kier molecular flexibility index (Phi) is 57.6. The average Bonchev–Trinajstić information content (AvgIpc) is 2.30. The molecule has 0 rings (SSSR count). The van der Waals surface area contributed by atoms with Crippen molar-refractivity contribution in [3.05, 3.63) is 13.3 Å². The van der Waals surface area contributed by atoms with Crippen molar-refractivity contribution in [2.75, 3.05) is 0 Å². The van der Waals surface area contributed by atoms with Crippen molar-refractivity contribution in [2.45, 2.75) is 86.0 Å². The second-order valence-electron chi connectivity index (χ2n) is 3.73. The normalized spacial score (nSPS) is 7.88. The van der Waals surface area contributed by atoms with Crippen molar-refractivity contribution in [1.29, 1.82) is 0 Å². The molecule has 0 aliphatic rings. The third kappa shape index (κ3) is 61.1. The van der Waals surface area contributed by atoms with E-state index < -0.39 is 0 Å². The zero-order chi connectivity index (χ0) is 12.4. The van der Waals surface area contributed by atoms with Gasteiger partial charge in [0.05, 0.1) is 0 Å². The van der Waals surface area contributed by atoms with Gasteiger partial charge in [0.1, 0.15) is 0 Å². The van der Waals surface area contributed by atoms with Crippen LogP contribution in [-0.4, -0.2) is 23.1 Å². The second-order valence-corrected chi connectivity index (χ2v) is 3.73. The van der Waals surface area contributed by atoms with E-state index in [0.717, 1.165) is 6.42 Å². The SMILES string of the molecule is CCCCCCC.C[CH-]CC.[CH2-]CCC.[Mg+2]. The molecule has 1 heteroatoms. The van der Waals surface area contributed by atoms with Crippen LogP contribution in [0.1, 0.15) is 86.0 Å². The molecule has 0 N–H and O–H groups in total. The average molecular weight is 239 g/mol. The number of hydrogen-bond acceptors (Lipinski definition) is 0. The fraction of sp³-hybridized carbons (Fsp3) is 0.867. The Morgan fingerprint density at radius 2 is 1.12 bits per heavy atom. The quantitative estimate of drug-likeness (QED) is 0.310. The monoisotopic (exact) mass is 238 g/mol. The maximum atomic E-state index is 3.60. The molecule has 0 aliphatic carbocycles. The van der Waals surface area contributed by atoms with E-state index in [-0.39, 0.29) is 23.1 Å². The molecule has 0 radical (unpaired) electrons. The van der Waals surface area contributed by atoms with Crippen LogP contribution in [0.5, 0.6) is 0 Å². The fourth-order valence-corrected chi connectivity index (χ4v) is 0.677. The van der Waals surface area contributed by atoms with Crippen LogP contribution in [-0.2, 0) is 0 Å². The van der Waals surface area contributed by atoms with Crippen LogP contribution in [0.3, 0.4) is 0 Å². The summed E-state index contributed by atoms with van der Waals surface area (Å²) in [5, 5.41) is 0. The number of rotatable bonds is 6. The van der Waals surface area contributed by atoms with Crippen LogP contribution in [0.25, 0.3) is 0 Å². The predicted octanol–water partition coefficient (Wildman–Crippen LogP) is 5.84. The molecule has 0 amide bonds. The van der Waals surface area contributed by atoms with E-state index in [4.69, 9.17) is 0 Å². The molecule has 16 heavy (non-hydrogen) atoms. The van der Waals surface area contributed by atoms with Gasteiger partial charge < -0.3 is 13.3 Å². The minimum atomic E-state index is 0. The van der Waals surface area contributed by atoms with Crippen LogP contribution in [0.4, 0.5) is 0 Å². The van der Waals surface area contributed by atoms with Crippen molar-refractivity contribution in [1.82, 2.24) is 0 Å². The van der Waals surface area contributed by atoms with Crippen LogP contribution in [0.15, 0.2) is 0 Å². The molecule has 0 saturated carbocycles. The molecular weight excluding hydrogens is 204 g/mol. The maximum absolute atomic E-state index is 3.60. The van der Waals surface area contributed by atoms with Crippen molar-refractivity contribution in [2.24, 2.45) is 0 Å². The van der Waals surface area contributed by atoms with Gasteiger partial charge in [0.25, 0.3) is 0 Å². The molecule has 96 valence electrons. The summed E-state index contributed by atoms with van der Waals surface area (Å²) in [7, 11) is 0. The van der Waals surface area contributed by atoms with Crippen molar-refractivity contribution in [3.63, 3.8) is 0 Å². The fourth-order valence-electron chi connectivity index (χ4n) is 0.677. The van der Waals surface area contributed by atoms with E-state index in [0.29, 0.717) is 0 Å². The van der Waals surface area contributed by atoms with Crippen LogP contribution >= 0.6 is 0 Å². The van der Waals surface area contributed by atoms with E-state index in [9.17, 15) is 0 Å². The van der Waals surface area contributed by atoms with E-state index in [1.165, 1.54) is 44.9 Å². The summed E-state index contributed by atoms with van der Waals surface area (Å²) in [5.74, 6) is 0. The summed E-state index contributed by atoms with van der Waals surface area (Å²) >= 11 is 0. The molecule has 0 fully saturated rings. The summed E-state index contributed by atoms with van der Waals surface area (Å²) in [6.45, 7) is 14.4. The summed E-state index contributed by atoms with van der Waals surface area (Å²) in [6, 6.07) is 0. The predicted molar refractivity (Wildman–Crippen MR) is 80.7 cm³/mol. The van der Waals surface area contributed by atoms with Gasteiger partial charge in [0.15, 0.2) is 0 Å². The molecular formula is C15H34Mg. The molecule has 0 aromatic heterocycles. The topological polar surface area (TPSA) is 0 Å². The molecule has 0 spiro atoms. The van der Waals surface area contributed by atoms with E-state index in [2.05, 4.69) is 48.0 Å². The summed E-state index contributed by atoms with van der Waals surface area (Å²) < 4.78 is 0. The van der Waals surface area contributed by atoms with Gasteiger partial charge in [-0.1, -0.05) is 66.2 Å². The minimum Gasteiger partial charge on any atom is -0.343 e. The van der Waals surface area contributed by atoms with Gasteiger partial charge in [-0.15, -0.1) is 0 Å². The molecule has 0 atom stereocenters. The van der Waals surface area contributed by atoms with Crippen molar-refractivity contribution >= 4 is 23.1 Å². The van der Waals surface area contributed by atoms with E-state index in [1.54, 1.807) is 0 Å². The van der Waals surface area contributed by atoms with E-state index in [1.807, 2.05) is 0 Å². The molecule has 0 heterocycles. The molecule has 0 nitrogen and oxygen atoms in total. The first-order chi connectivity index (χ1) is 7.24. The van der Waals surface area contributed by atoms with Crippen LogP contribution < -0.4 is 0 Å². The maximum Gasteiger partial charge on any atom is 2.00 e. The van der Waals surface area contributed by atoms with Gasteiger partial charge in [0, 0.05) is 0 Å². The molecule has 0 aromatic rings. The summed E-state index contributed by atoms with van der Waals surface area (Å²) in [5.41, 5.74) is 0. The third-order valence-corrected chi connectivity index (χ3v) is 1.97. The Morgan fingerprint density at radius 1 is 0.812 bits per heavy atom. The molecule has 0 unspecified atom stereocenters. The first kappa shape index (κ1) is 25.6. The Bertz CT molecular complexity index is 50.5. The van der Waals surface area contributed by atoms with Gasteiger partial charge in [-0.05, 0) is 0 Å². The largest absolute Gasteiger partial charge is 2.00 e. The van der Waals surface area contributed by atoms with Gasteiger partial charge in [-0.2, -0.15) is 19.8 Å². The van der Waals surface area contributed by atoms with E-state index >= 15 is 0 Å². The molecule has 0 saturated heterocycles. The first-order valence-corrected chi connectivity index (χ1v) is 6.81. The van der Waals surface area contributed by atoms with Gasteiger partial charge in [-0.25, -0.2) is 0 Å². The van der Waals surface area contributed by atoms with Crippen molar-refractivity contribution < 1.29 is 0 Å². The zero-order valence-electron chi connectivity index (χ0n) is 12.6. The Balaban J connectivity index is -0.0000000700. The van der Waals surface area contributed by atoms with Gasteiger partial charge in [-0.3, -0.25) is 0 Å². The molecule has 0 bridgehead atoms. The molecule has 0 aromatic carbocycles. The Hall–Kier alpha value is 0.766. The first-order valence-electron chi connectivity index (χ1n) is 6.81. The minimum absolute atomic E-state index is 0. The Labute approximate surface area is 122 Å². The third-order valence-electron chi connectivity index (χ3n) is 1.97. The zero-order valence-corrected chi connectivity index (χ0v) is 14.1. The van der Waals surface area contributed by atoms with Gasteiger partial charge in [0.2, 0.25) is 0 Å². The number of hydrogen-bond donors (Lipinski definition) is 0. The Morgan fingerprint density at radius 3 is 1.25 bits per heavy atom. The molecule has 0 aliphatic heterocycles. The van der Waals surface area contributed by atoms with Gasteiger partial charge >= 0.3 is 23.1 Å². The summed E-state index contributed by atoms with van der Waals surface area (Å²) in [4.78, 5) is 0. The smallest absolute Gasteiger partial charge is 0.343 e. The summed E-state index contributed by atoms with van der Waals surface area (Å²) in [6.07, 6.45) is 12.6. The van der Waals surface area contributed by atoms with Crippen LogP contribution in [0.2, 0.25) is 0 Å².